The number of hydrazone groups is 1. The zero-order chi connectivity index (χ0) is 24.7. The first kappa shape index (κ1) is 24.8. The van der Waals surface area contributed by atoms with Crippen molar-refractivity contribution < 1.29 is 17.9 Å². The van der Waals surface area contributed by atoms with Gasteiger partial charge in [-0.15, -0.1) is 0 Å². The van der Waals surface area contributed by atoms with Gasteiger partial charge in [0, 0.05) is 19.8 Å². The van der Waals surface area contributed by atoms with Crippen molar-refractivity contribution in [3.63, 3.8) is 0 Å². The van der Waals surface area contributed by atoms with Crippen LogP contribution in [0.5, 0.6) is 5.75 Å². The molecule has 0 aromatic heterocycles. The van der Waals surface area contributed by atoms with E-state index < -0.39 is 22.5 Å². The van der Waals surface area contributed by atoms with Crippen LogP contribution in [-0.2, 0) is 14.8 Å². The molecule has 1 N–H and O–H groups in total. The number of anilines is 2. The second-order valence-electron chi connectivity index (χ2n) is 7.80. The first-order valence-electron chi connectivity index (χ1n) is 10.5. The Hall–Kier alpha value is -3.85. The number of nitrogens with zero attached hydrogens (tertiary/aromatic N) is 3. The SMILES string of the molecule is COc1ccc(N(CC(=O)N/N=C/c2ccc(N(C)C)cc2)S(=O)(=O)c2ccc(C)cc2)cc1. The summed E-state index contributed by atoms with van der Waals surface area (Å²) in [4.78, 5) is 14.7. The highest BCUT2D eigenvalue weighted by Crippen LogP contribution is 2.26. The first-order chi connectivity index (χ1) is 16.2. The van der Waals surface area contributed by atoms with Gasteiger partial charge in [-0.2, -0.15) is 5.10 Å². The Kier molecular flexibility index (Phi) is 7.91. The second kappa shape index (κ2) is 10.8. The molecular weight excluding hydrogens is 452 g/mol. The van der Waals surface area contributed by atoms with Crippen molar-refractivity contribution in [1.82, 2.24) is 5.43 Å². The Morgan fingerprint density at radius 1 is 0.941 bits per heavy atom. The molecule has 0 unspecified atom stereocenters. The van der Waals surface area contributed by atoms with Crippen molar-refractivity contribution in [2.45, 2.75) is 11.8 Å². The van der Waals surface area contributed by atoms with E-state index in [0.717, 1.165) is 21.1 Å². The number of sulfonamides is 1. The summed E-state index contributed by atoms with van der Waals surface area (Å²) in [5, 5.41) is 3.98. The summed E-state index contributed by atoms with van der Waals surface area (Å²) in [5.41, 5.74) is 5.51. The number of aryl methyl sites for hydroxylation is 1. The lowest BCUT2D eigenvalue weighted by atomic mass is 10.2. The van der Waals surface area contributed by atoms with E-state index in [1.807, 2.05) is 50.2 Å². The fourth-order valence-electron chi connectivity index (χ4n) is 3.10. The third kappa shape index (κ3) is 6.14. The molecule has 0 aliphatic rings. The zero-order valence-corrected chi connectivity index (χ0v) is 20.4. The number of benzene rings is 3. The van der Waals surface area contributed by atoms with Crippen molar-refractivity contribution in [1.29, 1.82) is 0 Å². The van der Waals surface area contributed by atoms with E-state index >= 15 is 0 Å². The quantitative estimate of drug-likeness (QED) is 0.374. The summed E-state index contributed by atoms with van der Waals surface area (Å²) in [6.45, 7) is 1.43. The third-order valence-electron chi connectivity index (χ3n) is 5.07. The molecule has 0 spiro atoms. The monoisotopic (exact) mass is 480 g/mol. The number of hydrogen-bond acceptors (Lipinski definition) is 6. The Labute approximate surface area is 200 Å². The van der Waals surface area contributed by atoms with Gasteiger partial charge in [-0.3, -0.25) is 9.10 Å². The lowest BCUT2D eigenvalue weighted by Gasteiger charge is -2.24. The normalized spacial score (nSPS) is 11.3. The van der Waals surface area contributed by atoms with Crippen LogP contribution in [0.2, 0.25) is 0 Å². The number of ether oxygens (including phenoxy) is 1. The summed E-state index contributed by atoms with van der Waals surface area (Å²) in [6.07, 6.45) is 1.50. The number of hydrogen-bond donors (Lipinski definition) is 1. The van der Waals surface area contributed by atoms with Gasteiger partial charge in [0.2, 0.25) is 0 Å². The lowest BCUT2D eigenvalue weighted by Crippen LogP contribution is -2.39. The molecule has 8 nitrogen and oxygen atoms in total. The zero-order valence-electron chi connectivity index (χ0n) is 19.6. The number of carbonyl (C=O) groups is 1. The van der Waals surface area contributed by atoms with E-state index in [-0.39, 0.29) is 4.90 Å². The molecule has 3 aromatic rings. The largest absolute Gasteiger partial charge is 0.497 e. The van der Waals surface area contributed by atoms with Gasteiger partial charge in [-0.05, 0) is 61.0 Å². The van der Waals surface area contributed by atoms with E-state index in [0.29, 0.717) is 11.4 Å². The summed E-state index contributed by atoms with van der Waals surface area (Å²) in [5.74, 6) is -0.00145. The van der Waals surface area contributed by atoms with E-state index in [4.69, 9.17) is 4.74 Å². The topological polar surface area (TPSA) is 91.3 Å². The molecule has 0 saturated carbocycles. The molecule has 0 aliphatic carbocycles. The number of rotatable bonds is 9. The predicted octanol–water partition coefficient (Wildman–Crippen LogP) is 3.42. The molecule has 0 heterocycles. The van der Waals surface area contributed by atoms with Crippen molar-refractivity contribution in [2.24, 2.45) is 5.10 Å². The van der Waals surface area contributed by atoms with E-state index in [9.17, 15) is 13.2 Å². The van der Waals surface area contributed by atoms with Crippen LogP contribution in [0.15, 0.2) is 82.8 Å². The molecule has 0 saturated heterocycles. The Morgan fingerprint density at radius 2 is 1.53 bits per heavy atom. The number of nitrogens with one attached hydrogen (secondary N) is 1. The maximum absolute atomic E-state index is 13.4. The van der Waals surface area contributed by atoms with Crippen molar-refractivity contribution in [3.8, 4) is 5.75 Å². The third-order valence-corrected chi connectivity index (χ3v) is 6.86. The van der Waals surface area contributed by atoms with Crippen LogP contribution in [-0.4, -0.2) is 48.3 Å². The summed E-state index contributed by atoms with van der Waals surface area (Å²) in [6, 6.07) is 20.5. The Balaban J connectivity index is 1.80. The Morgan fingerprint density at radius 3 is 2.09 bits per heavy atom. The first-order valence-corrected chi connectivity index (χ1v) is 12.0. The molecular formula is C25H28N4O4S. The van der Waals surface area contributed by atoms with Crippen LogP contribution in [0.25, 0.3) is 0 Å². The van der Waals surface area contributed by atoms with Gasteiger partial charge < -0.3 is 9.64 Å². The minimum Gasteiger partial charge on any atom is -0.497 e. The molecule has 0 fully saturated rings. The van der Waals surface area contributed by atoms with Gasteiger partial charge in [0.1, 0.15) is 12.3 Å². The lowest BCUT2D eigenvalue weighted by molar-refractivity contribution is -0.119. The average molecular weight is 481 g/mol. The standard InChI is InChI=1S/C25H28N4O4S/c1-19-5-15-24(16-6-19)34(31,32)29(22-11-13-23(33-4)14-12-22)18-25(30)27-26-17-20-7-9-21(10-8-20)28(2)3/h5-17H,18H2,1-4H3,(H,27,30)/b26-17+. The smallest absolute Gasteiger partial charge is 0.264 e. The maximum atomic E-state index is 13.4. The van der Waals surface area contributed by atoms with Crippen molar-refractivity contribution in [3.05, 3.63) is 83.9 Å². The molecule has 3 aromatic carbocycles. The summed E-state index contributed by atoms with van der Waals surface area (Å²) >= 11 is 0. The van der Waals surface area contributed by atoms with Gasteiger partial charge in [0.25, 0.3) is 15.9 Å². The molecule has 34 heavy (non-hydrogen) atoms. The van der Waals surface area contributed by atoms with Crippen LogP contribution in [0.1, 0.15) is 11.1 Å². The molecule has 0 aliphatic heterocycles. The van der Waals surface area contributed by atoms with Gasteiger partial charge in [0.15, 0.2) is 0 Å². The van der Waals surface area contributed by atoms with Gasteiger partial charge in [-0.25, -0.2) is 13.8 Å². The molecule has 0 radical (unpaired) electrons. The molecule has 1 amide bonds. The van der Waals surface area contributed by atoms with E-state index in [1.54, 1.807) is 36.4 Å². The van der Waals surface area contributed by atoms with Gasteiger partial charge in [0.05, 0.1) is 23.9 Å². The predicted molar refractivity (Wildman–Crippen MR) is 135 cm³/mol. The summed E-state index contributed by atoms with van der Waals surface area (Å²) < 4.78 is 33.0. The van der Waals surface area contributed by atoms with E-state index in [2.05, 4.69) is 10.5 Å². The van der Waals surface area contributed by atoms with E-state index in [1.165, 1.54) is 25.5 Å². The molecule has 3 rings (SSSR count). The van der Waals surface area contributed by atoms with Crippen LogP contribution in [0.4, 0.5) is 11.4 Å². The number of amides is 1. The second-order valence-corrected chi connectivity index (χ2v) is 9.66. The number of carbonyl (C=O) groups excluding carboxylic acids is 1. The summed E-state index contributed by atoms with van der Waals surface area (Å²) in [7, 11) is 1.42. The Bertz CT molecular complexity index is 1240. The van der Waals surface area contributed by atoms with Crippen LogP contribution in [0.3, 0.4) is 0 Å². The maximum Gasteiger partial charge on any atom is 0.264 e. The van der Waals surface area contributed by atoms with Crippen LogP contribution < -0.4 is 19.4 Å². The fourth-order valence-corrected chi connectivity index (χ4v) is 4.53. The van der Waals surface area contributed by atoms with Crippen molar-refractivity contribution >= 4 is 33.5 Å². The fraction of sp³-hybridized carbons (Fsp3) is 0.200. The minimum atomic E-state index is -4.00. The minimum absolute atomic E-state index is 0.0891. The highest BCUT2D eigenvalue weighted by molar-refractivity contribution is 7.92. The number of methoxy groups -OCH3 is 1. The highest BCUT2D eigenvalue weighted by Gasteiger charge is 2.27. The van der Waals surface area contributed by atoms with Gasteiger partial charge >= 0.3 is 0 Å². The molecule has 9 heteroatoms. The molecule has 0 bridgehead atoms. The highest BCUT2D eigenvalue weighted by atomic mass is 32.2. The average Bonchev–Trinajstić information content (AvgIpc) is 2.83. The van der Waals surface area contributed by atoms with Crippen LogP contribution >= 0.6 is 0 Å². The van der Waals surface area contributed by atoms with Gasteiger partial charge in [-0.1, -0.05) is 29.8 Å². The van der Waals surface area contributed by atoms with Crippen molar-refractivity contribution in [2.75, 3.05) is 37.0 Å². The molecule has 0 atom stereocenters. The van der Waals surface area contributed by atoms with Crippen LogP contribution in [0, 0.1) is 6.92 Å². The molecule has 178 valence electrons.